The van der Waals surface area contributed by atoms with Crippen molar-refractivity contribution in [2.45, 2.75) is 32.4 Å². The molecular formula is C18H24N4O4. The third kappa shape index (κ3) is 4.03. The molecule has 1 aromatic heterocycles. The molecule has 140 valence electrons. The van der Waals surface area contributed by atoms with Gasteiger partial charge in [0.15, 0.2) is 0 Å². The van der Waals surface area contributed by atoms with Crippen LogP contribution in [-0.2, 0) is 4.79 Å². The number of aliphatic hydroxyl groups is 1. The zero-order valence-electron chi connectivity index (χ0n) is 15.2. The number of ether oxygens (including phenoxy) is 1. The van der Waals surface area contributed by atoms with E-state index in [1.807, 2.05) is 30.9 Å². The Morgan fingerprint density at radius 1 is 1.38 bits per heavy atom. The first-order valence-electron chi connectivity index (χ1n) is 8.61. The number of hydrogen-bond acceptors (Lipinski definition) is 7. The summed E-state index contributed by atoms with van der Waals surface area (Å²) in [6.07, 6.45) is -0.695. The van der Waals surface area contributed by atoms with Gasteiger partial charge in [0.25, 0.3) is 0 Å². The van der Waals surface area contributed by atoms with Crippen molar-refractivity contribution in [1.29, 1.82) is 0 Å². The number of carbonyl (C=O) groups is 1. The van der Waals surface area contributed by atoms with Crippen molar-refractivity contribution in [3.8, 4) is 17.1 Å². The number of nitrogens with zero attached hydrogens (tertiary/aromatic N) is 3. The predicted octanol–water partition coefficient (Wildman–Crippen LogP) is 0.995. The summed E-state index contributed by atoms with van der Waals surface area (Å²) >= 11 is 0. The van der Waals surface area contributed by atoms with Crippen LogP contribution >= 0.6 is 0 Å². The number of benzene rings is 1. The van der Waals surface area contributed by atoms with Crippen LogP contribution in [0.4, 0.5) is 0 Å². The van der Waals surface area contributed by atoms with Crippen molar-refractivity contribution >= 4 is 5.91 Å². The fourth-order valence-corrected chi connectivity index (χ4v) is 2.88. The Morgan fingerprint density at radius 3 is 2.77 bits per heavy atom. The summed E-state index contributed by atoms with van der Waals surface area (Å²) in [5.74, 6) is 1.66. The van der Waals surface area contributed by atoms with Gasteiger partial charge in [0.05, 0.1) is 5.54 Å². The van der Waals surface area contributed by atoms with Crippen molar-refractivity contribution < 1.29 is 19.2 Å². The Hall–Kier alpha value is -2.45. The number of aliphatic hydroxyl groups excluding tert-OH is 1. The van der Waals surface area contributed by atoms with Gasteiger partial charge in [-0.3, -0.25) is 9.69 Å². The van der Waals surface area contributed by atoms with Crippen LogP contribution in [0.5, 0.6) is 5.75 Å². The average molecular weight is 360 g/mol. The number of aromatic nitrogens is 2. The van der Waals surface area contributed by atoms with Gasteiger partial charge in [-0.15, -0.1) is 0 Å². The van der Waals surface area contributed by atoms with E-state index in [1.54, 1.807) is 19.1 Å². The molecule has 1 amide bonds. The maximum Gasteiger partial charge on any atom is 0.240 e. The van der Waals surface area contributed by atoms with E-state index in [9.17, 15) is 9.90 Å². The monoisotopic (exact) mass is 360 g/mol. The normalized spacial score (nSPS) is 18.4. The number of piperazine rings is 1. The predicted molar refractivity (Wildman–Crippen MR) is 94.6 cm³/mol. The highest BCUT2D eigenvalue weighted by Gasteiger charge is 2.38. The minimum Gasteiger partial charge on any atom is -0.491 e. The van der Waals surface area contributed by atoms with E-state index in [0.29, 0.717) is 37.1 Å². The van der Waals surface area contributed by atoms with Crippen LogP contribution in [0.25, 0.3) is 11.4 Å². The molecule has 1 saturated heterocycles. The summed E-state index contributed by atoms with van der Waals surface area (Å²) < 4.78 is 10.6. The van der Waals surface area contributed by atoms with Gasteiger partial charge in [-0.1, -0.05) is 5.16 Å². The number of carbonyl (C=O) groups excluding carboxylic acids is 1. The second-order valence-electron chi connectivity index (χ2n) is 6.89. The van der Waals surface area contributed by atoms with Gasteiger partial charge in [0.2, 0.25) is 17.6 Å². The van der Waals surface area contributed by atoms with Gasteiger partial charge in [-0.25, -0.2) is 0 Å². The molecule has 2 heterocycles. The quantitative estimate of drug-likeness (QED) is 0.792. The second kappa shape index (κ2) is 7.43. The molecule has 0 saturated carbocycles. The number of hydrogen-bond donors (Lipinski definition) is 2. The van der Waals surface area contributed by atoms with Crippen molar-refractivity contribution in [1.82, 2.24) is 20.4 Å². The Morgan fingerprint density at radius 2 is 2.12 bits per heavy atom. The van der Waals surface area contributed by atoms with Crippen LogP contribution in [0.15, 0.2) is 28.8 Å². The van der Waals surface area contributed by atoms with Crippen LogP contribution in [0.1, 0.15) is 19.7 Å². The largest absolute Gasteiger partial charge is 0.491 e. The number of aryl methyl sites for hydroxylation is 1. The lowest BCUT2D eigenvalue weighted by Gasteiger charge is -2.41. The van der Waals surface area contributed by atoms with Crippen molar-refractivity contribution in [2.24, 2.45) is 0 Å². The van der Waals surface area contributed by atoms with Gasteiger partial charge in [-0.2, -0.15) is 4.98 Å². The molecule has 1 aromatic carbocycles. The SMILES string of the molecule is Cc1nc(-c2ccc(OC[C@@H](O)CN3CCNC(=O)C3(C)C)cc2)no1. The summed E-state index contributed by atoms with van der Waals surface area (Å²) in [5.41, 5.74) is 0.194. The molecule has 2 aromatic rings. The van der Waals surface area contributed by atoms with Crippen LogP contribution in [-0.4, -0.2) is 63.9 Å². The van der Waals surface area contributed by atoms with E-state index < -0.39 is 11.6 Å². The molecule has 1 aliphatic rings. The van der Waals surface area contributed by atoms with Gasteiger partial charge in [-0.05, 0) is 38.1 Å². The first kappa shape index (κ1) is 18.3. The number of amides is 1. The van der Waals surface area contributed by atoms with Crippen LogP contribution in [0.3, 0.4) is 0 Å². The smallest absolute Gasteiger partial charge is 0.240 e. The third-order valence-electron chi connectivity index (χ3n) is 4.53. The molecule has 0 unspecified atom stereocenters. The highest BCUT2D eigenvalue weighted by molar-refractivity contribution is 5.86. The molecule has 26 heavy (non-hydrogen) atoms. The molecule has 0 radical (unpaired) electrons. The topological polar surface area (TPSA) is 101 Å². The molecule has 8 nitrogen and oxygen atoms in total. The van der Waals surface area contributed by atoms with Gasteiger partial charge in [0, 0.05) is 32.1 Å². The minimum atomic E-state index is -0.695. The summed E-state index contributed by atoms with van der Waals surface area (Å²) in [6.45, 7) is 7.26. The molecule has 0 bridgehead atoms. The first-order valence-corrected chi connectivity index (χ1v) is 8.61. The van der Waals surface area contributed by atoms with Crippen LogP contribution in [0, 0.1) is 6.92 Å². The molecule has 1 fully saturated rings. The minimum absolute atomic E-state index is 0.0239. The van der Waals surface area contributed by atoms with Crippen molar-refractivity contribution in [3.63, 3.8) is 0 Å². The fourth-order valence-electron chi connectivity index (χ4n) is 2.88. The standard InChI is InChI=1S/C18H24N4O4/c1-12-20-16(21-26-12)13-4-6-15(7-5-13)25-11-14(23)10-22-9-8-19-17(24)18(22,2)3/h4-7,14,23H,8-11H2,1-3H3,(H,19,24)/t14-/m0/s1. The maximum absolute atomic E-state index is 12.0. The zero-order valence-corrected chi connectivity index (χ0v) is 15.2. The number of β-amino-alcohol motifs (C(OH)–C–C–N with tert-alkyl or cyclic N) is 1. The molecular weight excluding hydrogens is 336 g/mol. The van der Waals surface area contributed by atoms with Crippen LogP contribution < -0.4 is 10.1 Å². The van der Waals surface area contributed by atoms with E-state index in [2.05, 4.69) is 15.5 Å². The number of rotatable bonds is 6. The molecule has 3 rings (SSSR count). The van der Waals surface area contributed by atoms with Gasteiger partial charge in [0.1, 0.15) is 18.5 Å². The summed E-state index contributed by atoms with van der Waals surface area (Å²) in [4.78, 5) is 18.1. The molecule has 0 spiro atoms. The van der Waals surface area contributed by atoms with E-state index >= 15 is 0 Å². The molecule has 1 atom stereocenters. The highest BCUT2D eigenvalue weighted by atomic mass is 16.5. The fraction of sp³-hybridized carbons (Fsp3) is 0.500. The van der Waals surface area contributed by atoms with Gasteiger partial charge >= 0.3 is 0 Å². The maximum atomic E-state index is 12.0. The third-order valence-corrected chi connectivity index (χ3v) is 4.53. The molecule has 0 aliphatic carbocycles. The van der Waals surface area contributed by atoms with Gasteiger partial charge < -0.3 is 19.7 Å². The van der Waals surface area contributed by atoms with Crippen LogP contribution in [0.2, 0.25) is 0 Å². The molecule has 2 N–H and O–H groups in total. The first-order chi connectivity index (χ1) is 12.4. The average Bonchev–Trinajstić information content (AvgIpc) is 3.04. The molecule has 8 heteroatoms. The van der Waals surface area contributed by atoms with E-state index in [0.717, 1.165) is 5.56 Å². The Bertz CT molecular complexity index is 757. The zero-order chi connectivity index (χ0) is 18.7. The van der Waals surface area contributed by atoms with Crippen molar-refractivity contribution in [2.75, 3.05) is 26.2 Å². The Kier molecular flexibility index (Phi) is 5.24. The van der Waals surface area contributed by atoms with Crippen molar-refractivity contribution in [3.05, 3.63) is 30.2 Å². The summed E-state index contributed by atoms with van der Waals surface area (Å²) in [7, 11) is 0. The lowest BCUT2D eigenvalue weighted by atomic mass is 9.98. The summed E-state index contributed by atoms with van der Waals surface area (Å²) in [5, 5.41) is 17.0. The highest BCUT2D eigenvalue weighted by Crippen LogP contribution is 2.21. The Labute approximate surface area is 152 Å². The molecule has 1 aliphatic heterocycles. The Balaban J connectivity index is 1.53. The lowest BCUT2D eigenvalue weighted by Crippen LogP contribution is -2.63. The van der Waals surface area contributed by atoms with E-state index in [1.165, 1.54) is 0 Å². The van der Waals surface area contributed by atoms with E-state index in [-0.39, 0.29) is 12.5 Å². The lowest BCUT2D eigenvalue weighted by molar-refractivity contribution is -0.136. The van der Waals surface area contributed by atoms with E-state index in [4.69, 9.17) is 9.26 Å². The summed E-state index contributed by atoms with van der Waals surface area (Å²) in [6, 6.07) is 7.27. The second-order valence-corrected chi connectivity index (χ2v) is 6.89. The number of nitrogens with one attached hydrogen (secondary N) is 1.